The Bertz CT molecular complexity index is 1770. The van der Waals surface area contributed by atoms with Crippen molar-refractivity contribution in [2.45, 2.75) is 64.1 Å². The molecule has 0 aliphatic carbocycles. The summed E-state index contributed by atoms with van der Waals surface area (Å²) >= 11 is 1.42. The number of unbranched alkanes of at least 4 members (excludes halogenated alkanes) is 1. The molecule has 2 atom stereocenters. The molecule has 248 valence electrons. The van der Waals surface area contributed by atoms with Gasteiger partial charge in [-0.2, -0.15) is 5.10 Å². The number of benzene rings is 3. The fourth-order valence-electron chi connectivity index (χ4n) is 5.06. The van der Waals surface area contributed by atoms with Gasteiger partial charge in [0.25, 0.3) is 0 Å². The van der Waals surface area contributed by atoms with Crippen molar-refractivity contribution in [2.75, 3.05) is 10.6 Å². The molecule has 0 spiro atoms. The minimum atomic E-state index is -0.852. The maximum Gasteiger partial charge on any atom is 0.229 e. The zero-order chi connectivity index (χ0) is 33.7. The normalized spacial score (nSPS) is 12.2. The van der Waals surface area contributed by atoms with Crippen LogP contribution in [0.25, 0.3) is 0 Å². The van der Waals surface area contributed by atoms with Gasteiger partial charge in [0.1, 0.15) is 17.0 Å². The number of amides is 2. The number of aliphatic hydroxyl groups is 1. The molecule has 5 aromatic rings. The molecule has 3 aromatic carbocycles. The molecule has 2 amide bonds. The molecule has 0 saturated heterocycles. The van der Waals surface area contributed by atoms with Gasteiger partial charge in [-0.25, -0.2) is 0 Å². The van der Waals surface area contributed by atoms with Crippen molar-refractivity contribution in [2.24, 2.45) is 0 Å². The fourth-order valence-corrected chi connectivity index (χ4v) is 5.89. The van der Waals surface area contributed by atoms with Gasteiger partial charge in [-0.1, -0.05) is 78.1 Å². The molecule has 2 unspecified atom stereocenters. The van der Waals surface area contributed by atoms with Gasteiger partial charge in [0.2, 0.25) is 16.9 Å². The molecule has 0 aliphatic heterocycles. The van der Waals surface area contributed by atoms with Gasteiger partial charge >= 0.3 is 0 Å². The van der Waals surface area contributed by atoms with Crippen molar-refractivity contribution >= 4 is 34.1 Å². The van der Waals surface area contributed by atoms with Crippen LogP contribution in [0.4, 0.5) is 10.9 Å². The van der Waals surface area contributed by atoms with Gasteiger partial charge in [0.05, 0.1) is 18.0 Å². The molecule has 2 heterocycles. The van der Waals surface area contributed by atoms with E-state index in [1.54, 1.807) is 30.3 Å². The second-order valence-electron chi connectivity index (χ2n) is 11.5. The molecule has 0 aliphatic rings. The number of carbonyl (C=O) groups is 2. The van der Waals surface area contributed by atoms with Crippen molar-refractivity contribution in [3.05, 3.63) is 124 Å². The Morgan fingerprint density at radius 2 is 1.56 bits per heavy atom. The Morgan fingerprint density at radius 1 is 0.812 bits per heavy atom. The Balaban J connectivity index is 0.993. The predicted molar refractivity (Wildman–Crippen MR) is 186 cm³/mol. The SMILES string of the molecule is CC(C(=O)NCc1cccc(CC(O)Nc2nnc(CCCCc3ccc(NC(=O)Cc4ccccc4)nn3)s2)c1)c1ccc(O)cc1. The number of aryl methyl sites for hydroxylation is 2. The minimum Gasteiger partial charge on any atom is -0.508 e. The average Bonchev–Trinajstić information content (AvgIpc) is 3.53. The number of aliphatic hydroxyl groups excluding tert-OH is 1. The van der Waals surface area contributed by atoms with Crippen LogP contribution in [0.15, 0.2) is 91.0 Å². The lowest BCUT2D eigenvalue weighted by Crippen LogP contribution is -2.27. The number of anilines is 2. The zero-order valence-electron chi connectivity index (χ0n) is 26.7. The van der Waals surface area contributed by atoms with E-state index < -0.39 is 6.23 Å². The first-order valence-electron chi connectivity index (χ1n) is 15.9. The number of phenolic OH excluding ortho intramolecular Hbond substituents is 1. The summed E-state index contributed by atoms with van der Waals surface area (Å²) in [4.78, 5) is 24.9. The Labute approximate surface area is 283 Å². The van der Waals surface area contributed by atoms with Crippen LogP contribution in [0.1, 0.15) is 58.6 Å². The Kier molecular flexibility index (Phi) is 12.2. The quantitative estimate of drug-likeness (QED) is 0.0707. The predicted octanol–water partition coefficient (Wildman–Crippen LogP) is 5.17. The van der Waals surface area contributed by atoms with E-state index in [1.807, 2.05) is 67.6 Å². The van der Waals surface area contributed by atoms with Crippen LogP contribution in [0.2, 0.25) is 0 Å². The Hall–Kier alpha value is -5.20. The van der Waals surface area contributed by atoms with E-state index in [-0.39, 0.29) is 29.9 Å². The molecule has 11 nitrogen and oxygen atoms in total. The van der Waals surface area contributed by atoms with E-state index >= 15 is 0 Å². The van der Waals surface area contributed by atoms with E-state index in [0.29, 0.717) is 23.9 Å². The number of aromatic nitrogens is 4. The van der Waals surface area contributed by atoms with E-state index in [9.17, 15) is 19.8 Å². The first-order valence-corrected chi connectivity index (χ1v) is 16.7. The van der Waals surface area contributed by atoms with Gasteiger partial charge in [-0.05, 0) is 72.7 Å². The third-order valence-corrected chi connectivity index (χ3v) is 8.61. The second-order valence-corrected chi connectivity index (χ2v) is 12.6. The fraction of sp³-hybridized carbons (Fsp3) is 0.278. The molecule has 0 fully saturated rings. The van der Waals surface area contributed by atoms with Crippen LogP contribution in [0.3, 0.4) is 0 Å². The molecular formula is C36H39N7O4S. The number of nitrogens with one attached hydrogen (secondary N) is 3. The maximum atomic E-state index is 12.7. The van der Waals surface area contributed by atoms with E-state index in [1.165, 1.54) is 11.3 Å². The monoisotopic (exact) mass is 665 g/mol. The summed E-state index contributed by atoms with van der Waals surface area (Å²) in [6.07, 6.45) is 3.10. The molecule has 5 N–H and O–H groups in total. The van der Waals surface area contributed by atoms with Crippen LogP contribution < -0.4 is 16.0 Å². The number of nitrogens with zero attached hydrogens (tertiary/aromatic N) is 4. The highest BCUT2D eigenvalue weighted by Gasteiger charge is 2.15. The topological polar surface area (TPSA) is 162 Å². The lowest BCUT2D eigenvalue weighted by atomic mass is 10.00. The first kappa shape index (κ1) is 34.1. The van der Waals surface area contributed by atoms with Crippen molar-refractivity contribution in [3.8, 4) is 5.75 Å². The number of aromatic hydroxyl groups is 1. The lowest BCUT2D eigenvalue weighted by molar-refractivity contribution is -0.122. The molecule has 5 rings (SSSR count). The molecule has 0 radical (unpaired) electrons. The standard InChI is InChI=1S/C36H39N7O4S/c1-24(28-14-17-30(44)18-15-28)35(47)37-23-27-11-7-10-26(20-27)22-33(46)39-36-43-42-34(48-36)13-6-5-12-29-16-19-31(41-40-29)38-32(45)21-25-8-3-2-4-9-25/h2-4,7-11,14-20,24,33,44,46H,5-6,12-13,21-23H2,1H3,(H,37,47)(H,39,43)(H,38,41,45). The minimum absolute atomic E-state index is 0.107. The lowest BCUT2D eigenvalue weighted by Gasteiger charge is -2.14. The highest BCUT2D eigenvalue weighted by molar-refractivity contribution is 7.15. The van der Waals surface area contributed by atoms with Crippen LogP contribution >= 0.6 is 11.3 Å². The largest absolute Gasteiger partial charge is 0.508 e. The van der Waals surface area contributed by atoms with Crippen molar-refractivity contribution in [3.63, 3.8) is 0 Å². The van der Waals surface area contributed by atoms with E-state index in [2.05, 4.69) is 36.3 Å². The summed E-state index contributed by atoms with van der Waals surface area (Å²) in [6, 6.07) is 27.6. The number of hydrogen-bond acceptors (Lipinski definition) is 10. The van der Waals surface area contributed by atoms with Crippen LogP contribution in [0, 0.1) is 0 Å². The summed E-state index contributed by atoms with van der Waals surface area (Å²) in [7, 11) is 0. The van der Waals surface area contributed by atoms with Gasteiger partial charge in [-0.3, -0.25) is 9.59 Å². The third kappa shape index (κ3) is 10.7. The molecule has 12 heteroatoms. The molecular weight excluding hydrogens is 627 g/mol. The van der Waals surface area contributed by atoms with E-state index in [4.69, 9.17) is 0 Å². The van der Waals surface area contributed by atoms with Gasteiger partial charge in [-0.15, -0.1) is 15.3 Å². The summed E-state index contributed by atoms with van der Waals surface area (Å²) in [5.41, 5.74) is 4.47. The maximum absolute atomic E-state index is 12.7. The Morgan fingerprint density at radius 3 is 2.33 bits per heavy atom. The third-order valence-electron chi connectivity index (χ3n) is 7.70. The molecule has 2 aromatic heterocycles. The van der Waals surface area contributed by atoms with Crippen LogP contribution in [-0.4, -0.2) is 48.7 Å². The summed E-state index contributed by atoms with van der Waals surface area (Å²) in [5.74, 6) is 0.00850. The number of rotatable bonds is 16. The van der Waals surface area contributed by atoms with Gasteiger partial charge < -0.3 is 26.2 Å². The summed E-state index contributed by atoms with van der Waals surface area (Å²) < 4.78 is 0. The average molecular weight is 666 g/mol. The summed E-state index contributed by atoms with van der Waals surface area (Å²) in [5, 5.41) is 47.2. The molecule has 48 heavy (non-hydrogen) atoms. The second kappa shape index (κ2) is 17.1. The van der Waals surface area contributed by atoms with Crippen LogP contribution in [-0.2, 0) is 41.8 Å². The van der Waals surface area contributed by atoms with Crippen molar-refractivity contribution in [1.29, 1.82) is 0 Å². The zero-order valence-corrected chi connectivity index (χ0v) is 27.5. The van der Waals surface area contributed by atoms with Crippen LogP contribution in [0.5, 0.6) is 5.75 Å². The first-order chi connectivity index (χ1) is 23.3. The van der Waals surface area contributed by atoms with Crippen molar-refractivity contribution < 1.29 is 19.8 Å². The summed E-state index contributed by atoms with van der Waals surface area (Å²) in [6.45, 7) is 2.19. The van der Waals surface area contributed by atoms with E-state index in [0.717, 1.165) is 58.6 Å². The van der Waals surface area contributed by atoms with Crippen molar-refractivity contribution in [1.82, 2.24) is 25.7 Å². The van der Waals surface area contributed by atoms with Gasteiger partial charge in [0.15, 0.2) is 5.82 Å². The number of phenols is 1. The molecule has 0 saturated carbocycles. The number of carbonyl (C=O) groups excluding carboxylic acids is 2. The highest BCUT2D eigenvalue weighted by atomic mass is 32.1. The number of hydrogen-bond donors (Lipinski definition) is 5. The highest BCUT2D eigenvalue weighted by Crippen LogP contribution is 2.21. The van der Waals surface area contributed by atoms with Gasteiger partial charge in [0, 0.05) is 19.4 Å². The smallest absolute Gasteiger partial charge is 0.229 e. The molecule has 0 bridgehead atoms.